The van der Waals surface area contributed by atoms with Gasteiger partial charge in [-0.15, -0.1) is 0 Å². The van der Waals surface area contributed by atoms with Gasteiger partial charge in [0, 0.05) is 0 Å². The van der Waals surface area contributed by atoms with E-state index in [1.807, 2.05) is 49.4 Å². The van der Waals surface area contributed by atoms with Gasteiger partial charge in [0.15, 0.2) is 0 Å². The first-order valence-electron chi connectivity index (χ1n) is 9.15. The van der Waals surface area contributed by atoms with E-state index in [-0.39, 0.29) is 18.1 Å². The number of hydrogen-bond donors (Lipinski definition) is 0. The normalized spacial score (nSPS) is 15.1. The molecule has 0 spiro atoms. The number of carbonyl (C=O) groups is 3. The van der Waals surface area contributed by atoms with Crippen LogP contribution in [0.15, 0.2) is 53.4 Å². The maximum Gasteiger partial charge on any atom is 0.326 e. The van der Waals surface area contributed by atoms with E-state index in [1.54, 1.807) is 13.0 Å². The molecule has 0 atom stereocenters. The van der Waals surface area contributed by atoms with Crippen molar-refractivity contribution in [2.45, 2.75) is 20.5 Å². The predicted molar refractivity (Wildman–Crippen MR) is 111 cm³/mol. The molecule has 0 N–H and O–H groups in total. The van der Waals surface area contributed by atoms with E-state index < -0.39 is 17.1 Å². The summed E-state index contributed by atoms with van der Waals surface area (Å²) in [5.41, 5.74) is 3.03. The van der Waals surface area contributed by atoms with E-state index in [1.165, 1.54) is 5.56 Å². The highest BCUT2D eigenvalue weighted by molar-refractivity contribution is 8.18. The standard InChI is InChI=1S/C22H21NO5S/c1-3-27-20(24)13-23-21(25)19(29-22(23)26)12-16-7-9-18(10-8-16)28-14-17-6-4-5-15(2)11-17/h4-12H,3,13-14H2,1-2H3/b19-12+. The highest BCUT2D eigenvalue weighted by Crippen LogP contribution is 2.32. The van der Waals surface area contributed by atoms with E-state index in [2.05, 4.69) is 6.07 Å². The van der Waals surface area contributed by atoms with Gasteiger partial charge in [-0.1, -0.05) is 42.0 Å². The van der Waals surface area contributed by atoms with Crippen molar-refractivity contribution >= 4 is 35.0 Å². The van der Waals surface area contributed by atoms with Crippen LogP contribution in [0.5, 0.6) is 5.75 Å². The van der Waals surface area contributed by atoms with Crippen LogP contribution in [0, 0.1) is 6.92 Å². The third-order valence-electron chi connectivity index (χ3n) is 4.13. The lowest BCUT2D eigenvalue weighted by Crippen LogP contribution is -2.34. The number of hydrogen-bond acceptors (Lipinski definition) is 6. The third kappa shape index (κ3) is 5.48. The van der Waals surface area contributed by atoms with E-state index in [0.29, 0.717) is 12.4 Å². The fourth-order valence-corrected chi connectivity index (χ4v) is 3.59. The number of aryl methyl sites for hydroxylation is 1. The lowest BCUT2D eigenvalue weighted by molar-refractivity contribution is -0.145. The van der Waals surface area contributed by atoms with Crippen LogP contribution >= 0.6 is 11.8 Å². The zero-order valence-electron chi connectivity index (χ0n) is 16.2. The molecule has 1 heterocycles. The van der Waals surface area contributed by atoms with Gasteiger partial charge in [-0.05, 0) is 54.9 Å². The van der Waals surface area contributed by atoms with E-state index >= 15 is 0 Å². The summed E-state index contributed by atoms with van der Waals surface area (Å²) in [4.78, 5) is 37.2. The number of thioether (sulfide) groups is 1. The Hall–Kier alpha value is -3.06. The van der Waals surface area contributed by atoms with Crippen LogP contribution in [-0.2, 0) is 20.9 Å². The first kappa shape index (κ1) is 20.7. The van der Waals surface area contributed by atoms with Crippen molar-refractivity contribution in [3.63, 3.8) is 0 Å². The number of rotatable bonds is 7. The quantitative estimate of drug-likeness (QED) is 0.503. The number of amides is 2. The SMILES string of the molecule is CCOC(=O)CN1C(=O)S/C(=C/c2ccc(OCc3cccc(C)c3)cc2)C1=O. The summed E-state index contributed by atoms with van der Waals surface area (Å²) in [5, 5.41) is -0.479. The zero-order chi connectivity index (χ0) is 20.8. The average Bonchev–Trinajstić information content (AvgIpc) is 2.95. The molecule has 2 aromatic carbocycles. The second-order valence-electron chi connectivity index (χ2n) is 6.42. The molecule has 0 aliphatic carbocycles. The van der Waals surface area contributed by atoms with Crippen molar-refractivity contribution in [1.29, 1.82) is 0 Å². The number of benzene rings is 2. The Kier molecular flexibility index (Phi) is 6.72. The van der Waals surface area contributed by atoms with Gasteiger partial charge in [0.05, 0.1) is 11.5 Å². The minimum atomic E-state index is -0.605. The first-order chi connectivity index (χ1) is 14.0. The Balaban J connectivity index is 1.62. The van der Waals surface area contributed by atoms with Gasteiger partial charge in [-0.3, -0.25) is 19.3 Å². The van der Waals surface area contributed by atoms with Gasteiger partial charge in [-0.2, -0.15) is 0 Å². The van der Waals surface area contributed by atoms with Gasteiger partial charge in [0.25, 0.3) is 11.1 Å². The smallest absolute Gasteiger partial charge is 0.326 e. The number of ether oxygens (including phenoxy) is 2. The predicted octanol–water partition coefficient (Wildman–Crippen LogP) is 4.17. The molecule has 7 heteroatoms. The van der Waals surface area contributed by atoms with Crippen molar-refractivity contribution in [1.82, 2.24) is 4.90 Å². The molecule has 29 heavy (non-hydrogen) atoms. The minimum Gasteiger partial charge on any atom is -0.489 e. The van der Waals surface area contributed by atoms with Gasteiger partial charge in [0.2, 0.25) is 0 Å². The molecule has 0 aromatic heterocycles. The summed E-state index contributed by atoms with van der Waals surface area (Å²) in [6.07, 6.45) is 1.63. The molecule has 2 amide bonds. The fourth-order valence-electron chi connectivity index (χ4n) is 2.75. The molecule has 1 saturated heterocycles. The monoisotopic (exact) mass is 411 g/mol. The molecule has 150 valence electrons. The molecule has 0 saturated carbocycles. The summed E-state index contributed by atoms with van der Waals surface area (Å²) < 4.78 is 10.6. The van der Waals surface area contributed by atoms with Crippen molar-refractivity contribution in [2.75, 3.05) is 13.2 Å². The molecule has 1 fully saturated rings. The number of carbonyl (C=O) groups excluding carboxylic acids is 3. The Morgan fingerprint density at radius 2 is 1.90 bits per heavy atom. The fraction of sp³-hybridized carbons (Fsp3) is 0.227. The third-order valence-corrected chi connectivity index (χ3v) is 5.04. The Morgan fingerprint density at radius 1 is 1.14 bits per heavy atom. The maximum atomic E-state index is 12.4. The van der Waals surface area contributed by atoms with Crippen LogP contribution in [0.25, 0.3) is 6.08 Å². The van der Waals surface area contributed by atoms with Crippen LogP contribution in [0.2, 0.25) is 0 Å². The molecule has 0 radical (unpaired) electrons. The van der Waals surface area contributed by atoms with Crippen LogP contribution in [-0.4, -0.2) is 35.2 Å². The zero-order valence-corrected chi connectivity index (χ0v) is 17.0. The summed E-state index contributed by atoms with van der Waals surface area (Å²) in [5.74, 6) is -0.391. The number of nitrogens with zero attached hydrogens (tertiary/aromatic N) is 1. The highest BCUT2D eigenvalue weighted by atomic mass is 32.2. The van der Waals surface area contributed by atoms with Crippen molar-refractivity contribution in [2.24, 2.45) is 0 Å². The van der Waals surface area contributed by atoms with Gasteiger partial charge in [-0.25, -0.2) is 0 Å². The molecule has 0 unspecified atom stereocenters. The molecule has 1 aliphatic heterocycles. The molecule has 3 rings (SSSR count). The Morgan fingerprint density at radius 3 is 2.59 bits per heavy atom. The summed E-state index contributed by atoms with van der Waals surface area (Å²) in [6, 6.07) is 15.3. The minimum absolute atomic E-state index is 0.198. The van der Waals surface area contributed by atoms with E-state index in [9.17, 15) is 14.4 Å². The molecule has 1 aliphatic rings. The maximum absolute atomic E-state index is 12.4. The van der Waals surface area contributed by atoms with Crippen molar-refractivity contribution in [3.05, 3.63) is 70.1 Å². The summed E-state index contributed by atoms with van der Waals surface area (Å²) in [7, 11) is 0. The van der Waals surface area contributed by atoms with Gasteiger partial charge >= 0.3 is 5.97 Å². The highest BCUT2D eigenvalue weighted by Gasteiger charge is 2.36. The van der Waals surface area contributed by atoms with Crippen LogP contribution in [0.4, 0.5) is 4.79 Å². The summed E-state index contributed by atoms with van der Waals surface area (Å²) in [6.45, 7) is 3.99. The topological polar surface area (TPSA) is 72.9 Å². The molecular weight excluding hydrogens is 390 g/mol. The lowest BCUT2D eigenvalue weighted by atomic mass is 10.1. The van der Waals surface area contributed by atoms with Crippen molar-refractivity contribution in [3.8, 4) is 5.75 Å². The van der Waals surface area contributed by atoms with Crippen LogP contribution < -0.4 is 4.74 Å². The molecule has 0 bridgehead atoms. The number of imide groups is 1. The van der Waals surface area contributed by atoms with E-state index in [4.69, 9.17) is 9.47 Å². The average molecular weight is 411 g/mol. The Bertz CT molecular complexity index is 952. The van der Waals surface area contributed by atoms with Crippen LogP contribution in [0.3, 0.4) is 0 Å². The van der Waals surface area contributed by atoms with Crippen LogP contribution in [0.1, 0.15) is 23.6 Å². The van der Waals surface area contributed by atoms with Gasteiger partial charge < -0.3 is 9.47 Å². The molecule has 2 aromatic rings. The number of esters is 1. The van der Waals surface area contributed by atoms with E-state index in [0.717, 1.165) is 27.8 Å². The Labute approximate surface area is 173 Å². The second kappa shape index (κ2) is 9.43. The van der Waals surface area contributed by atoms with Crippen molar-refractivity contribution < 1.29 is 23.9 Å². The van der Waals surface area contributed by atoms with Gasteiger partial charge in [0.1, 0.15) is 18.9 Å². The first-order valence-corrected chi connectivity index (χ1v) is 9.97. The summed E-state index contributed by atoms with van der Waals surface area (Å²) >= 11 is 0.809. The molecule has 6 nitrogen and oxygen atoms in total. The second-order valence-corrected chi connectivity index (χ2v) is 7.41. The lowest BCUT2D eigenvalue weighted by Gasteiger charge is -2.10. The largest absolute Gasteiger partial charge is 0.489 e. The molecular formula is C22H21NO5S.